The van der Waals surface area contributed by atoms with Crippen LogP contribution in [0.4, 0.5) is 11.9 Å². The number of allylic oxidation sites excluding steroid dienone is 2. The summed E-state index contributed by atoms with van der Waals surface area (Å²) in [5.74, 6) is -3.85. The Kier molecular flexibility index (Phi) is 18.7. The molecule has 9 heterocycles. The first-order valence-electron chi connectivity index (χ1n) is 31.7. The van der Waals surface area contributed by atoms with Gasteiger partial charge in [0, 0.05) is 166 Å². The molecular formula is C70H71N13O12. The van der Waals surface area contributed by atoms with Gasteiger partial charge in [-0.15, -0.1) is 10.1 Å². The van der Waals surface area contributed by atoms with Crippen molar-refractivity contribution in [2.45, 2.75) is 84.6 Å². The lowest BCUT2D eigenvalue weighted by Crippen LogP contribution is -2.45. The number of anilines is 2. The molecule has 4 saturated heterocycles. The average Bonchev–Trinajstić information content (AvgIpc) is 1.43. The summed E-state index contributed by atoms with van der Waals surface area (Å²) in [5.41, 5.74) is 6.39. The molecule has 25 nitrogen and oxygen atoms in total. The Morgan fingerprint density at radius 2 is 0.926 bits per heavy atom. The SMILES string of the molecule is C.CN1CCN(c2nc(C3=C(c4c[nH]c5ccccc45)C(=O)N(CCCCC(=O)ON4C(=O)CCC4=O)C3=O)c3ccccc3n2)CC1.CN1CCN(c2nc(C3=C(c4cn(CCCCC(=O)ON5C(=O)CCC5=O)c5ccccc45)C(=O)CC3=O)c3ccccc3n2)CC1. The number of aromatic amines is 1. The number of carbonyl (C=O) groups is 10. The third kappa shape index (κ3) is 13.0. The Morgan fingerprint density at radius 1 is 0.474 bits per heavy atom. The number of hydroxylamine groups is 4. The molecule has 8 aromatic rings. The number of amides is 6. The number of imide groups is 3. The van der Waals surface area contributed by atoms with Crippen LogP contribution in [0.3, 0.4) is 0 Å². The largest absolute Gasteiger partial charge is 0.361 e. The second-order valence-electron chi connectivity index (χ2n) is 24.2. The smallest absolute Gasteiger partial charge is 0.333 e. The van der Waals surface area contributed by atoms with Crippen LogP contribution < -0.4 is 9.80 Å². The van der Waals surface area contributed by atoms with E-state index in [1.807, 2.05) is 108 Å². The number of ketones is 2. The molecule has 14 rings (SSSR count). The quantitative estimate of drug-likeness (QED) is 0.0508. The number of aryl methyl sites for hydroxylation is 1. The fourth-order valence-electron chi connectivity index (χ4n) is 12.8. The van der Waals surface area contributed by atoms with E-state index in [1.54, 1.807) is 6.20 Å². The normalized spacial score (nSPS) is 17.5. The van der Waals surface area contributed by atoms with Gasteiger partial charge in [-0.2, -0.15) is 0 Å². The van der Waals surface area contributed by atoms with Gasteiger partial charge in [-0.05, 0) is 64.0 Å². The van der Waals surface area contributed by atoms with Gasteiger partial charge in [0.25, 0.3) is 35.4 Å². The van der Waals surface area contributed by atoms with Gasteiger partial charge in [0.05, 0.1) is 45.6 Å². The molecule has 0 atom stereocenters. The van der Waals surface area contributed by atoms with Crippen molar-refractivity contribution in [3.05, 3.63) is 132 Å². The monoisotopic (exact) mass is 1290 g/mol. The summed E-state index contributed by atoms with van der Waals surface area (Å²) in [6.45, 7) is 6.98. The molecule has 4 fully saturated rings. The summed E-state index contributed by atoms with van der Waals surface area (Å²) in [6, 6.07) is 30.4. The predicted molar refractivity (Wildman–Crippen MR) is 353 cm³/mol. The van der Waals surface area contributed by atoms with Crippen molar-refractivity contribution in [2.75, 3.05) is 82.8 Å². The van der Waals surface area contributed by atoms with E-state index in [2.05, 4.69) is 38.7 Å². The van der Waals surface area contributed by atoms with Crippen molar-refractivity contribution in [3.8, 4) is 0 Å². The highest BCUT2D eigenvalue weighted by molar-refractivity contribution is 6.52. The van der Waals surface area contributed by atoms with Gasteiger partial charge < -0.3 is 38.8 Å². The molecule has 6 amide bonds. The van der Waals surface area contributed by atoms with E-state index in [4.69, 9.17) is 29.6 Å². The van der Waals surface area contributed by atoms with Crippen molar-refractivity contribution in [1.82, 2.24) is 54.3 Å². The number of likely N-dealkylation sites (N-methyl/N-ethyl adjacent to an activating group) is 2. The van der Waals surface area contributed by atoms with Crippen LogP contribution in [-0.2, 0) is 64.2 Å². The zero-order chi connectivity index (χ0) is 65.3. The van der Waals surface area contributed by atoms with Crippen LogP contribution >= 0.6 is 0 Å². The lowest BCUT2D eigenvalue weighted by molar-refractivity contribution is -0.197. The highest BCUT2D eigenvalue weighted by Crippen LogP contribution is 2.43. The molecule has 0 radical (unpaired) electrons. The second-order valence-corrected chi connectivity index (χ2v) is 24.2. The van der Waals surface area contributed by atoms with Gasteiger partial charge in [-0.1, -0.05) is 80.2 Å². The summed E-state index contributed by atoms with van der Waals surface area (Å²) < 4.78 is 2.03. The number of aromatic nitrogens is 6. The van der Waals surface area contributed by atoms with Crippen LogP contribution in [0.5, 0.6) is 0 Å². The fourth-order valence-corrected chi connectivity index (χ4v) is 12.8. The fraction of sp³-hybridized carbons (Fsp3) is 0.343. The Balaban J connectivity index is 0.000000180. The predicted octanol–water partition coefficient (Wildman–Crippen LogP) is 7.12. The van der Waals surface area contributed by atoms with Crippen molar-refractivity contribution < 1.29 is 57.6 Å². The van der Waals surface area contributed by atoms with E-state index < -0.39 is 47.4 Å². The molecule has 488 valence electrons. The van der Waals surface area contributed by atoms with Gasteiger partial charge in [0.2, 0.25) is 11.9 Å². The van der Waals surface area contributed by atoms with Crippen molar-refractivity contribution in [1.29, 1.82) is 0 Å². The standard InChI is InChI=1S/C35H34N6O6.C34H33N7O6.CH4/c1-38-16-18-39(19-17-38)35-36-25-10-4-2-9-23(25)34(37-35)33-28(43)20-27(42)32(33)24-21-40(26-11-5-3-8-22(24)26)15-7-6-12-31(46)47-41-29(44)13-14-30(41)45;1-38-16-18-39(19-17-38)34-36-25-11-5-3-9-22(25)31(37-34)30-29(23-20-35-24-10-4-2-8-21(23)24)32(45)40(33(30)46)15-7-6-12-28(44)47-41-26(42)13-14-27(41)43;/h2-5,8-11,21H,6-7,12-20H2,1H3;2-5,8-11,20,35H,6-7,12-19H2,1H3;1H4. The van der Waals surface area contributed by atoms with Crippen LogP contribution in [0.2, 0.25) is 0 Å². The number of piperazine rings is 2. The summed E-state index contributed by atoms with van der Waals surface area (Å²) in [4.78, 5) is 170. The third-order valence-electron chi connectivity index (χ3n) is 17.9. The van der Waals surface area contributed by atoms with E-state index in [0.29, 0.717) is 103 Å². The topological polar surface area (TPSA) is 284 Å². The average molecular weight is 1290 g/mol. The number of hydrogen-bond donors (Lipinski definition) is 1. The maximum absolute atomic E-state index is 14.3. The summed E-state index contributed by atoms with van der Waals surface area (Å²) in [6.07, 6.45) is 5.13. The number of hydrogen-bond acceptors (Lipinski definition) is 20. The summed E-state index contributed by atoms with van der Waals surface area (Å²) in [7, 11) is 4.15. The zero-order valence-electron chi connectivity index (χ0n) is 52.0. The maximum Gasteiger partial charge on any atom is 0.333 e. The molecule has 6 aliphatic rings. The number of H-pyrrole nitrogens is 1. The highest BCUT2D eigenvalue weighted by atomic mass is 16.7. The lowest BCUT2D eigenvalue weighted by atomic mass is 9.97. The highest BCUT2D eigenvalue weighted by Gasteiger charge is 2.43. The number of unbranched alkanes of at least 4 members (excludes halogenated alkanes) is 2. The van der Waals surface area contributed by atoms with E-state index in [0.717, 1.165) is 74.2 Å². The molecule has 95 heavy (non-hydrogen) atoms. The molecule has 0 spiro atoms. The second kappa shape index (κ2) is 27.5. The first-order chi connectivity index (χ1) is 45.6. The van der Waals surface area contributed by atoms with Gasteiger partial charge in [0.15, 0.2) is 11.6 Å². The number of rotatable bonds is 18. The van der Waals surface area contributed by atoms with E-state index in [9.17, 15) is 47.9 Å². The van der Waals surface area contributed by atoms with E-state index >= 15 is 0 Å². The first kappa shape index (κ1) is 64.4. The van der Waals surface area contributed by atoms with Gasteiger partial charge in [-0.25, -0.2) is 29.5 Å². The number of Topliss-reactive ketones (excluding diaryl/α,β-unsaturated/α-hetero) is 2. The molecule has 0 bridgehead atoms. The van der Waals surface area contributed by atoms with Crippen LogP contribution in [0.1, 0.15) is 101 Å². The molecule has 4 aromatic heterocycles. The van der Waals surface area contributed by atoms with Crippen molar-refractivity contribution >= 4 is 137 Å². The van der Waals surface area contributed by atoms with Crippen LogP contribution in [-0.4, -0.2) is 186 Å². The van der Waals surface area contributed by atoms with E-state index in [1.165, 1.54) is 4.90 Å². The van der Waals surface area contributed by atoms with Crippen molar-refractivity contribution in [3.63, 3.8) is 0 Å². The van der Waals surface area contributed by atoms with Crippen LogP contribution in [0, 0.1) is 0 Å². The number of carbonyl (C=O) groups excluding carboxylic acids is 10. The molecule has 0 saturated carbocycles. The van der Waals surface area contributed by atoms with Gasteiger partial charge in [-0.3, -0.25) is 43.3 Å². The molecule has 25 heteroatoms. The Bertz CT molecular complexity index is 4500. The molecular weight excluding hydrogens is 1210 g/mol. The molecule has 0 unspecified atom stereocenters. The minimum Gasteiger partial charge on any atom is -0.361 e. The Labute approximate surface area is 545 Å². The van der Waals surface area contributed by atoms with Crippen LogP contribution in [0.25, 0.3) is 65.9 Å². The number of nitrogens with zero attached hydrogens (tertiary/aromatic N) is 12. The molecule has 1 N–H and O–H groups in total. The number of benzene rings is 4. The van der Waals surface area contributed by atoms with Crippen molar-refractivity contribution in [2.24, 2.45) is 0 Å². The first-order valence-corrected chi connectivity index (χ1v) is 31.7. The van der Waals surface area contributed by atoms with Gasteiger partial charge >= 0.3 is 11.9 Å². The Hall–Kier alpha value is -10.7. The number of fused-ring (bicyclic) bond motifs is 4. The zero-order valence-corrected chi connectivity index (χ0v) is 52.0. The lowest BCUT2D eigenvalue weighted by Gasteiger charge is -2.32. The van der Waals surface area contributed by atoms with Crippen LogP contribution in [0.15, 0.2) is 109 Å². The maximum atomic E-state index is 14.3. The summed E-state index contributed by atoms with van der Waals surface area (Å²) in [5, 5.41) is 4.10. The number of nitrogens with one attached hydrogen (secondary N) is 1. The van der Waals surface area contributed by atoms with Gasteiger partial charge in [0.1, 0.15) is 0 Å². The molecule has 4 aromatic carbocycles. The Morgan fingerprint density at radius 3 is 1.47 bits per heavy atom. The van der Waals surface area contributed by atoms with E-state index in [-0.39, 0.29) is 88.1 Å². The molecule has 1 aliphatic carbocycles. The summed E-state index contributed by atoms with van der Waals surface area (Å²) >= 11 is 0. The minimum atomic E-state index is -0.727. The molecule has 5 aliphatic heterocycles. The number of para-hydroxylation sites is 4. The third-order valence-corrected chi connectivity index (χ3v) is 17.9. The minimum absolute atomic E-state index is 0.